The van der Waals surface area contributed by atoms with Crippen LogP contribution in [0.2, 0.25) is 0 Å². The zero-order chi connectivity index (χ0) is 22.7. The van der Waals surface area contributed by atoms with Crippen molar-refractivity contribution in [3.63, 3.8) is 0 Å². The summed E-state index contributed by atoms with van der Waals surface area (Å²) in [6, 6.07) is 11.3. The summed E-state index contributed by atoms with van der Waals surface area (Å²) in [5.41, 5.74) is 11.1. The molecule has 5 heterocycles. The summed E-state index contributed by atoms with van der Waals surface area (Å²) in [6.45, 7) is 1.09. The third-order valence-electron chi connectivity index (χ3n) is 6.39. The van der Waals surface area contributed by atoms with E-state index in [1.807, 2.05) is 53.2 Å². The summed E-state index contributed by atoms with van der Waals surface area (Å²) in [5, 5.41) is 6.95. The van der Waals surface area contributed by atoms with Crippen molar-refractivity contribution in [1.29, 1.82) is 0 Å². The second-order valence-corrected chi connectivity index (χ2v) is 8.20. The van der Waals surface area contributed by atoms with Gasteiger partial charge in [0.15, 0.2) is 0 Å². The minimum atomic E-state index is -0.407. The first-order valence-electron chi connectivity index (χ1n) is 10.7. The van der Waals surface area contributed by atoms with Crippen LogP contribution in [-0.2, 0) is 16.1 Å². The molecule has 1 unspecified atom stereocenters. The number of amidine groups is 1. The summed E-state index contributed by atoms with van der Waals surface area (Å²) >= 11 is 0. The topological polar surface area (TPSA) is 119 Å². The maximum Gasteiger partial charge on any atom is 0.260 e. The third kappa shape index (κ3) is 3.68. The quantitative estimate of drug-likeness (QED) is 0.221. The van der Waals surface area contributed by atoms with Crippen molar-refractivity contribution in [3.8, 4) is 0 Å². The Kier molecular flexibility index (Phi) is 6.42. The minimum absolute atomic E-state index is 0. The molecule has 1 aromatic carbocycles. The molecule has 11 heteroatoms. The number of aliphatic imine (C=N–C) groups is 1. The number of aromatic nitrogens is 3. The second kappa shape index (κ2) is 9.18. The number of imide groups is 1. The van der Waals surface area contributed by atoms with E-state index in [2.05, 4.69) is 25.2 Å². The van der Waals surface area contributed by atoms with Crippen molar-refractivity contribution in [2.75, 3.05) is 13.6 Å². The van der Waals surface area contributed by atoms with Crippen LogP contribution >= 0.6 is 24.8 Å². The van der Waals surface area contributed by atoms with Crippen molar-refractivity contribution in [3.05, 3.63) is 77.4 Å². The zero-order valence-electron chi connectivity index (χ0n) is 18.7. The monoisotopic (exact) mass is 511 g/mol. The van der Waals surface area contributed by atoms with E-state index in [0.717, 1.165) is 22.0 Å². The van der Waals surface area contributed by atoms with E-state index in [0.29, 0.717) is 41.4 Å². The van der Waals surface area contributed by atoms with Crippen LogP contribution < -0.4 is 16.4 Å². The number of nitrogens with one attached hydrogen (secondary N) is 2. The predicted molar refractivity (Wildman–Crippen MR) is 139 cm³/mol. The first-order chi connectivity index (χ1) is 16.1. The molecule has 0 saturated carbocycles. The van der Waals surface area contributed by atoms with Crippen LogP contribution in [0.15, 0.2) is 65.6 Å². The van der Waals surface area contributed by atoms with Crippen LogP contribution in [0.3, 0.4) is 0 Å². The molecule has 6 rings (SSSR count). The Morgan fingerprint density at radius 2 is 1.97 bits per heavy atom. The van der Waals surface area contributed by atoms with Crippen molar-refractivity contribution < 1.29 is 9.59 Å². The van der Waals surface area contributed by atoms with Crippen LogP contribution in [0.1, 0.15) is 22.9 Å². The molecule has 4 aromatic rings. The first kappa shape index (κ1) is 24.5. The fourth-order valence-electron chi connectivity index (χ4n) is 4.91. The highest BCUT2D eigenvalue weighted by atomic mass is 35.5. The lowest BCUT2D eigenvalue weighted by atomic mass is 9.99. The van der Waals surface area contributed by atoms with Gasteiger partial charge in [-0.15, -0.1) is 24.8 Å². The number of amides is 2. The number of nitrogens with zero attached hydrogens (tertiary/aromatic N) is 4. The zero-order valence-corrected chi connectivity index (χ0v) is 20.3. The third-order valence-corrected chi connectivity index (χ3v) is 6.39. The van der Waals surface area contributed by atoms with E-state index < -0.39 is 5.91 Å². The van der Waals surface area contributed by atoms with Gasteiger partial charge in [-0.25, -0.2) is 4.98 Å². The van der Waals surface area contributed by atoms with E-state index in [1.54, 1.807) is 13.2 Å². The van der Waals surface area contributed by atoms with Gasteiger partial charge < -0.3 is 15.6 Å². The fourth-order valence-corrected chi connectivity index (χ4v) is 4.91. The van der Waals surface area contributed by atoms with Crippen molar-refractivity contribution in [2.45, 2.75) is 12.6 Å². The summed E-state index contributed by atoms with van der Waals surface area (Å²) in [4.78, 5) is 34.6. The molecule has 4 N–H and O–H groups in total. The van der Waals surface area contributed by atoms with Gasteiger partial charge in [0.25, 0.3) is 11.8 Å². The summed E-state index contributed by atoms with van der Waals surface area (Å²) in [7, 11) is 1.67. The molecule has 0 fully saturated rings. The fraction of sp³-hybridized carbons (Fsp3) is 0.167. The number of hydrogen-bond donors (Lipinski definition) is 3. The Balaban J connectivity index is 0.00000144. The molecule has 35 heavy (non-hydrogen) atoms. The van der Waals surface area contributed by atoms with Gasteiger partial charge in [-0.05, 0) is 35.9 Å². The molecule has 3 aromatic heterocycles. The smallest absolute Gasteiger partial charge is 0.260 e. The van der Waals surface area contributed by atoms with Gasteiger partial charge in [-0.1, -0.05) is 6.07 Å². The maximum atomic E-state index is 13.1. The Morgan fingerprint density at radius 3 is 2.77 bits per heavy atom. The van der Waals surface area contributed by atoms with Crippen molar-refractivity contribution >= 4 is 64.6 Å². The molecular formula is C24H23Cl2N7O2. The maximum absolute atomic E-state index is 13.1. The second-order valence-electron chi connectivity index (χ2n) is 8.20. The Labute approximate surface area is 212 Å². The molecular weight excluding hydrogens is 489 g/mol. The lowest BCUT2D eigenvalue weighted by Gasteiger charge is -2.20. The van der Waals surface area contributed by atoms with Gasteiger partial charge in [0.1, 0.15) is 11.5 Å². The van der Waals surface area contributed by atoms with Crippen LogP contribution in [0.4, 0.5) is 0 Å². The van der Waals surface area contributed by atoms with Gasteiger partial charge in [0.05, 0.1) is 34.6 Å². The first-order valence-corrected chi connectivity index (χ1v) is 10.7. The normalized spacial score (nSPS) is 17.9. The van der Waals surface area contributed by atoms with Crippen LogP contribution in [0.5, 0.6) is 0 Å². The number of pyridine rings is 1. The SMILES string of the molecule is CN=C(N)c1cc2c3c(ccn3C(C3=C(c4cnc5ccccn45)C(=O)NC3=O)CNC2)c1.Cl.Cl. The van der Waals surface area contributed by atoms with Crippen LogP contribution in [0.25, 0.3) is 22.1 Å². The number of fused-ring (bicyclic) bond motifs is 1. The molecule has 0 aliphatic carbocycles. The van der Waals surface area contributed by atoms with Crippen molar-refractivity contribution in [2.24, 2.45) is 10.7 Å². The standard InChI is InChI=1S/C24H21N7O2.2ClH/c1-26-22(25)14-8-13-5-7-31-16(11-27-10-15(9-14)21(13)31)19-20(24(33)29-23(19)32)17-12-28-18-4-2-3-6-30(17)18;;/h2-9,12,16,27H,10-11H2,1H3,(H2,25,26)(H,29,32,33);2*1H. The average molecular weight is 512 g/mol. The molecule has 2 aliphatic heterocycles. The Hall–Kier alpha value is -3.66. The van der Waals surface area contributed by atoms with Gasteiger partial charge in [0, 0.05) is 43.5 Å². The number of imidazole rings is 1. The van der Waals surface area contributed by atoms with Crippen LogP contribution in [0, 0.1) is 0 Å². The average Bonchev–Trinajstić information content (AvgIpc) is 3.47. The van der Waals surface area contributed by atoms with Crippen molar-refractivity contribution in [1.82, 2.24) is 24.6 Å². The molecule has 0 spiro atoms. The molecule has 0 radical (unpaired) electrons. The highest BCUT2D eigenvalue weighted by molar-refractivity contribution is 6.36. The molecule has 1 atom stereocenters. The molecule has 2 amide bonds. The highest BCUT2D eigenvalue weighted by Crippen LogP contribution is 2.36. The largest absolute Gasteiger partial charge is 0.384 e. The summed E-state index contributed by atoms with van der Waals surface area (Å²) in [5.74, 6) is -0.312. The summed E-state index contributed by atoms with van der Waals surface area (Å²) < 4.78 is 3.90. The van der Waals surface area contributed by atoms with E-state index in [1.165, 1.54) is 0 Å². The number of rotatable bonds is 3. The Morgan fingerprint density at radius 1 is 1.14 bits per heavy atom. The van der Waals surface area contributed by atoms with E-state index >= 15 is 0 Å². The number of carbonyl (C=O) groups excluding carboxylic acids is 2. The molecule has 0 saturated heterocycles. The van der Waals surface area contributed by atoms with Gasteiger partial charge in [0.2, 0.25) is 0 Å². The summed E-state index contributed by atoms with van der Waals surface area (Å²) in [6.07, 6.45) is 5.45. The minimum Gasteiger partial charge on any atom is -0.384 e. The van der Waals surface area contributed by atoms with Gasteiger partial charge >= 0.3 is 0 Å². The molecule has 0 bridgehead atoms. The number of nitrogens with two attached hydrogens (primary N) is 1. The number of hydrogen-bond acceptors (Lipinski definition) is 5. The van der Waals surface area contributed by atoms with E-state index in [-0.39, 0.29) is 36.8 Å². The predicted octanol–water partition coefficient (Wildman–Crippen LogP) is 2.22. The van der Waals surface area contributed by atoms with Crippen LogP contribution in [-0.4, -0.2) is 45.2 Å². The molecule has 2 aliphatic rings. The number of halogens is 2. The lowest BCUT2D eigenvalue weighted by molar-refractivity contribution is -0.123. The molecule has 180 valence electrons. The lowest BCUT2D eigenvalue weighted by Crippen LogP contribution is -2.29. The van der Waals surface area contributed by atoms with Gasteiger partial charge in [-0.2, -0.15) is 0 Å². The van der Waals surface area contributed by atoms with Gasteiger partial charge in [-0.3, -0.25) is 24.3 Å². The Bertz CT molecular complexity index is 1550. The van der Waals surface area contributed by atoms with E-state index in [9.17, 15) is 9.59 Å². The van der Waals surface area contributed by atoms with E-state index in [4.69, 9.17) is 5.73 Å². The number of carbonyl (C=O) groups is 2. The molecule has 9 nitrogen and oxygen atoms in total. The highest BCUT2D eigenvalue weighted by Gasteiger charge is 2.39. The number of benzene rings is 1.